The molecule has 29 heavy (non-hydrogen) atoms. The first-order valence-electron chi connectivity index (χ1n) is 10.5. The first-order valence-corrected chi connectivity index (χ1v) is 9.90. The first kappa shape index (κ1) is 18.4. The van der Waals surface area contributed by atoms with Gasteiger partial charge in [-0.05, 0) is 35.2 Å². The van der Waals surface area contributed by atoms with Crippen LogP contribution in [0.3, 0.4) is 0 Å². The highest BCUT2D eigenvalue weighted by molar-refractivity contribution is 5.50. The molecule has 0 unspecified atom stereocenters. The van der Waals surface area contributed by atoms with Crippen LogP contribution in [0.5, 0.6) is 5.75 Å². The lowest BCUT2D eigenvalue weighted by atomic mass is 9.77. The molecular weight excluding hydrogens is 362 g/mol. The zero-order valence-corrected chi connectivity index (χ0v) is 16.5. The molecule has 150 valence electrons. The van der Waals surface area contributed by atoms with Crippen LogP contribution >= 0.6 is 0 Å². The van der Waals surface area contributed by atoms with Crippen LogP contribution in [0.15, 0.2) is 84.9 Å². The molecule has 4 heteroatoms. The van der Waals surface area contributed by atoms with E-state index in [4.69, 9.17) is 10.8 Å². The van der Waals surface area contributed by atoms with Crippen LogP contribution in [0.25, 0.3) is 0 Å². The summed E-state index contributed by atoms with van der Waals surface area (Å²) in [6.45, 7) is -0.276. The van der Waals surface area contributed by atoms with Gasteiger partial charge in [0.05, 0.1) is 26.2 Å². The van der Waals surface area contributed by atoms with E-state index in [-0.39, 0.29) is 0 Å². The van der Waals surface area contributed by atoms with Gasteiger partial charge >= 0.3 is 0 Å². The van der Waals surface area contributed by atoms with E-state index in [0.29, 0.717) is 13.0 Å². The highest BCUT2D eigenvalue weighted by Crippen LogP contribution is 2.37. The molecule has 4 nitrogen and oxygen atoms in total. The molecule has 3 aromatic carbocycles. The molecule has 0 radical (unpaired) electrons. The second-order valence-electron chi connectivity index (χ2n) is 7.24. The third-order valence-corrected chi connectivity index (χ3v) is 5.54. The standard InChI is InChI=1S/C25H27NO3/c1-28-22-14-12-21(13-15-22)25(19-8-4-2-5-9-19,20-10-6-3-7-11-20)26-18-24-23(27)16-17-29-24/h2-15,23-24,26-27H,16-18H2,1H3/t23-,24-/m1/s1/i17T/t17-,23+,24+/m0. The highest BCUT2D eigenvalue weighted by atomic mass is 16.5. The molecule has 3 aromatic rings. The lowest BCUT2D eigenvalue weighted by Gasteiger charge is -2.38. The smallest absolute Gasteiger partial charge is 0.118 e. The predicted octanol–water partition coefficient (Wildman–Crippen LogP) is 3.73. The number of hydrogen-bond donors (Lipinski definition) is 2. The van der Waals surface area contributed by atoms with Crippen molar-refractivity contribution in [1.82, 2.24) is 5.32 Å². The van der Waals surface area contributed by atoms with Crippen LogP contribution in [0, 0.1) is 0 Å². The maximum absolute atomic E-state index is 10.3. The average Bonchev–Trinajstić information content (AvgIpc) is 3.13. The summed E-state index contributed by atoms with van der Waals surface area (Å²) in [5, 5.41) is 14.0. The Kier molecular flexibility index (Phi) is 5.57. The number of methoxy groups -OCH3 is 1. The number of aliphatic hydroxyl groups excluding tert-OH is 1. The monoisotopic (exact) mass is 391 g/mol. The van der Waals surface area contributed by atoms with Crippen LogP contribution < -0.4 is 10.1 Å². The van der Waals surface area contributed by atoms with E-state index in [1.54, 1.807) is 7.11 Å². The van der Waals surface area contributed by atoms with Crippen molar-refractivity contribution in [2.24, 2.45) is 0 Å². The van der Waals surface area contributed by atoms with Crippen LogP contribution in [0.2, 0.25) is 0 Å². The van der Waals surface area contributed by atoms with Gasteiger partial charge in [-0.25, -0.2) is 0 Å². The summed E-state index contributed by atoms with van der Waals surface area (Å²) in [6.07, 6.45) is -0.754. The minimum atomic E-state index is -0.685. The molecule has 0 amide bonds. The predicted molar refractivity (Wildman–Crippen MR) is 114 cm³/mol. The van der Waals surface area contributed by atoms with Crippen LogP contribution in [-0.2, 0) is 10.3 Å². The van der Waals surface area contributed by atoms with Crippen molar-refractivity contribution < 1.29 is 16.0 Å². The Hall–Kier alpha value is -2.66. The zero-order valence-electron chi connectivity index (χ0n) is 17.5. The Morgan fingerprint density at radius 2 is 1.52 bits per heavy atom. The maximum Gasteiger partial charge on any atom is 0.118 e. The highest BCUT2D eigenvalue weighted by Gasteiger charge is 2.38. The van der Waals surface area contributed by atoms with Crippen molar-refractivity contribution in [3.63, 3.8) is 0 Å². The molecule has 0 spiro atoms. The van der Waals surface area contributed by atoms with Crippen molar-refractivity contribution >= 4 is 0 Å². The summed E-state index contributed by atoms with van der Waals surface area (Å²) in [6, 6.07) is 28.5. The summed E-state index contributed by atoms with van der Waals surface area (Å²) in [4.78, 5) is 0. The van der Waals surface area contributed by atoms with Gasteiger partial charge in [-0.1, -0.05) is 72.8 Å². The lowest BCUT2D eigenvalue weighted by Crippen LogP contribution is -2.49. The summed E-state index contributed by atoms with van der Waals surface area (Å²) < 4.78 is 18.9. The van der Waals surface area contributed by atoms with Crippen molar-refractivity contribution in [3.05, 3.63) is 102 Å². The molecule has 0 aromatic heterocycles. The van der Waals surface area contributed by atoms with Gasteiger partial charge in [0.25, 0.3) is 0 Å². The quantitative estimate of drug-likeness (QED) is 0.603. The molecule has 0 bridgehead atoms. The fourth-order valence-corrected chi connectivity index (χ4v) is 3.98. The van der Waals surface area contributed by atoms with E-state index in [1.807, 2.05) is 48.5 Å². The third kappa shape index (κ3) is 3.92. The number of nitrogens with one attached hydrogen (secondary N) is 1. The Balaban J connectivity index is 1.82. The van der Waals surface area contributed by atoms with Gasteiger partial charge in [-0.2, -0.15) is 0 Å². The first-order chi connectivity index (χ1) is 14.6. The van der Waals surface area contributed by atoms with Crippen LogP contribution in [0.4, 0.5) is 0 Å². The molecule has 1 aliphatic heterocycles. The van der Waals surface area contributed by atoms with Gasteiger partial charge in [0.2, 0.25) is 0 Å². The molecule has 1 aliphatic rings. The molecule has 1 fully saturated rings. The van der Waals surface area contributed by atoms with Crippen molar-refractivity contribution in [2.75, 3.05) is 20.2 Å². The Bertz CT molecular complexity index is 894. The second-order valence-corrected chi connectivity index (χ2v) is 7.24. The van der Waals surface area contributed by atoms with Gasteiger partial charge < -0.3 is 14.6 Å². The summed E-state index contributed by atoms with van der Waals surface area (Å²) in [7, 11) is 1.66. The number of benzene rings is 3. The zero-order chi connectivity index (χ0) is 21.0. The molecule has 3 atom stereocenters. The molecule has 2 N–H and O–H groups in total. The molecule has 1 heterocycles. The molecular formula is C25H27NO3. The Morgan fingerprint density at radius 3 is 2.00 bits per heavy atom. The molecule has 0 saturated carbocycles. The number of aliphatic hydroxyl groups is 1. The minimum Gasteiger partial charge on any atom is -0.497 e. The fourth-order valence-electron chi connectivity index (χ4n) is 3.98. The Morgan fingerprint density at radius 1 is 0.966 bits per heavy atom. The van der Waals surface area contributed by atoms with Gasteiger partial charge in [0.1, 0.15) is 5.75 Å². The van der Waals surface area contributed by atoms with Gasteiger partial charge in [0.15, 0.2) is 0 Å². The van der Waals surface area contributed by atoms with Crippen molar-refractivity contribution in [1.29, 1.82) is 0 Å². The Labute approximate surface area is 173 Å². The minimum absolute atomic E-state index is 0.332. The van der Waals surface area contributed by atoms with Crippen molar-refractivity contribution in [3.8, 4) is 5.75 Å². The number of rotatable bonds is 7. The number of ether oxygens (including phenoxy) is 2. The van der Waals surface area contributed by atoms with Crippen LogP contribution in [0.1, 0.15) is 24.5 Å². The van der Waals surface area contributed by atoms with Crippen molar-refractivity contribution in [2.45, 2.75) is 24.2 Å². The molecule has 0 aliphatic carbocycles. The van der Waals surface area contributed by atoms with E-state index in [1.165, 1.54) is 0 Å². The number of hydrogen-bond acceptors (Lipinski definition) is 4. The average molecular weight is 392 g/mol. The third-order valence-electron chi connectivity index (χ3n) is 5.54. The fraction of sp³-hybridized carbons (Fsp3) is 0.280. The van der Waals surface area contributed by atoms with Crippen LogP contribution in [-0.4, -0.2) is 37.6 Å². The summed E-state index contributed by atoms with van der Waals surface area (Å²) >= 11 is 0. The normalized spacial score (nSPS) is 22.3. The SMILES string of the molecule is [3H][C@H]1C[C@@H](O)[C@@H](CNC(c2ccccc2)(c2ccccc2)c2ccc(OC)cc2)O1. The summed E-state index contributed by atoms with van der Waals surface area (Å²) in [5.41, 5.74) is 2.56. The maximum atomic E-state index is 10.3. The van der Waals surface area contributed by atoms with Gasteiger partial charge in [-0.15, -0.1) is 0 Å². The second kappa shape index (κ2) is 8.78. The molecule has 1 saturated heterocycles. The van der Waals surface area contributed by atoms with E-state index in [2.05, 4.69) is 41.7 Å². The topological polar surface area (TPSA) is 50.7 Å². The van der Waals surface area contributed by atoms with E-state index in [9.17, 15) is 5.11 Å². The van der Waals surface area contributed by atoms with E-state index in [0.717, 1.165) is 22.4 Å². The largest absolute Gasteiger partial charge is 0.497 e. The lowest BCUT2D eigenvalue weighted by molar-refractivity contribution is 0.0395. The van der Waals surface area contributed by atoms with Gasteiger partial charge in [-0.3, -0.25) is 5.32 Å². The van der Waals surface area contributed by atoms with E-state index >= 15 is 0 Å². The van der Waals surface area contributed by atoms with E-state index < -0.39 is 24.3 Å². The summed E-state index contributed by atoms with van der Waals surface area (Å²) in [5.74, 6) is 0.792. The van der Waals surface area contributed by atoms with Gasteiger partial charge in [0, 0.05) is 13.1 Å². The molecule has 4 rings (SSSR count).